The van der Waals surface area contributed by atoms with Crippen LogP contribution in [0.15, 0.2) is 24.3 Å². The van der Waals surface area contributed by atoms with Gasteiger partial charge in [-0.25, -0.2) is 4.79 Å². The van der Waals surface area contributed by atoms with Crippen molar-refractivity contribution in [3.8, 4) is 11.1 Å². The molecule has 2 aromatic rings. The molecular weight excluding hydrogens is 346 g/mol. The predicted molar refractivity (Wildman–Crippen MR) is 106 cm³/mol. The highest BCUT2D eigenvalue weighted by molar-refractivity contribution is 7.17. The van der Waals surface area contributed by atoms with E-state index in [0.29, 0.717) is 16.5 Å². The highest BCUT2D eigenvalue weighted by Crippen LogP contribution is 2.43. The third-order valence-electron chi connectivity index (χ3n) is 4.65. The van der Waals surface area contributed by atoms with Crippen LogP contribution in [0, 0.1) is 25.7 Å². The maximum Gasteiger partial charge on any atom is 0.342 e. The Labute approximate surface area is 158 Å². The van der Waals surface area contributed by atoms with Crippen molar-refractivity contribution in [2.75, 3.05) is 5.32 Å². The average Bonchev–Trinajstić information content (AvgIpc) is 3.20. The first-order valence-corrected chi connectivity index (χ1v) is 9.81. The molecule has 2 atom stereocenters. The average molecular weight is 372 g/mol. The lowest BCUT2D eigenvalue weighted by Crippen LogP contribution is -2.18. The Morgan fingerprint density at radius 2 is 1.81 bits per heavy atom. The summed E-state index contributed by atoms with van der Waals surface area (Å²) in [6.45, 7) is 9.72. The van der Waals surface area contributed by atoms with Crippen molar-refractivity contribution in [2.45, 2.75) is 47.1 Å². The van der Waals surface area contributed by atoms with Crippen LogP contribution in [-0.2, 0) is 9.53 Å². The number of benzene rings is 1. The number of hydrogen-bond donors (Lipinski definition) is 1. The number of rotatable bonds is 5. The first kappa shape index (κ1) is 18.6. The van der Waals surface area contributed by atoms with Crippen LogP contribution >= 0.6 is 11.3 Å². The second-order valence-corrected chi connectivity index (χ2v) is 8.59. The number of thiophene rings is 1. The molecule has 0 spiro atoms. The van der Waals surface area contributed by atoms with Gasteiger partial charge in [-0.05, 0) is 45.6 Å². The molecule has 5 heteroatoms. The first-order valence-electron chi connectivity index (χ1n) is 9.00. The molecule has 1 saturated carbocycles. The van der Waals surface area contributed by atoms with E-state index < -0.39 is 0 Å². The van der Waals surface area contributed by atoms with Gasteiger partial charge in [0.1, 0.15) is 10.6 Å². The molecule has 0 bridgehead atoms. The highest BCUT2D eigenvalue weighted by Gasteiger charge is 2.40. The summed E-state index contributed by atoms with van der Waals surface area (Å²) >= 11 is 1.44. The molecular formula is C21H25NO3S. The Kier molecular flexibility index (Phi) is 5.19. The second kappa shape index (κ2) is 7.23. The van der Waals surface area contributed by atoms with E-state index in [-0.39, 0.29) is 23.9 Å². The van der Waals surface area contributed by atoms with E-state index in [1.54, 1.807) is 0 Å². The van der Waals surface area contributed by atoms with E-state index >= 15 is 0 Å². The van der Waals surface area contributed by atoms with Crippen molar-refractivity contribution >= 4 is 28.2 Å². The standard InChI is InChI=1S/C21H25NO3S/c1-11(2)25-21(24)18-17(15-8-6-12(3)7-9-15)14(5)26-20(18)22-19(23)16-10-13(16)4/h6-9,11,13,16H,10H2,1-5H3,(H,22,23)/t13-,16-/m1/s1. The molecule has 0 saturated heterocycles. The Bertz CT molecular complexity index is 836. The molecule has 0 unspecified atom stereocenters. The molecule has 1 amide bonds. The van der Waals surface area contributed by atoms with Gasteiger partial charge in [0.05, 0.1) is 6.10 Å². The van der Waals surface area contributed by atoms with E-state index in [0.717, 1.165) is 28.0 Å². The van der Waals surface area contributed by atoms with Gasteiger partial charge in [-0.1, -0.05) is 36.8 Å². The summed E-state index contributed by atoms with van der Waals surface area (Å²) in [6, 6.07) is 8.05. The van der Waals surface area contributed by atoms with Crippen molar-refractivity contribution in [1.82, 2.24) is 0 Å². The smallest absolute Gasteiger partial charge is 0.342 e. The van der Waals surface area contributed by atoms with Crippen LogP contribution in [0.1, 0.15) is 48.0 Å². The van der Waals surface area contributed by atoms with Gasteiger partial charge in [-0.15, -0.1) is 11.3 Å². The van der Waals surface area contributed by atoms with Crippen molar-refractivity contribution in [1.29, 1.82) is 0 Å². The number of aryl methyl sites for hydroxylation is 2. The van der Waals surface area contributed by atoms with Crippen LogP contribution in [0.4, 0.5) is 5.00 Å². The van der Waals surface area contributed by atoms with Crippen molar-refractivity contribution in [3.05, 3.63) is 40.3 Å². The third kappa shape index (κ3) is 3.83. The summed E-state index contributed by atoms with van der Waals surface area (Å²) in [7, 11) is 0. The minimum absolute atomic E-state index is 0.00666. The van der Waals surface area contributed by atoms with Crippen LogP contribution in [0.3, 0.4) is 0 Å². The molecule has 1 aliphatic carbocycles. The SMILES string of the molecule is Cc1ccc(-c2c(C)sc(NC(=O)[C@@H]3C[C@H]3C)c2C(=O)OC(C)C)cc1. The minimum Gasteiger partial charge on any atom is -0.459 e. The van der Waals surface area contributed by atoms with Gasteiger partial charge in [-0.3, -0.25) is 4.79 Å². The quantitative estimate of drug-likeness (QED) is 0.736. The number of anilines is 1. The zero-order valence-electron chi connectivity index (χ0n) is 15.9. The summed E-state index contributed by atoms with van der Waals surface area (Å²) < 4.78 is 5.47. The molecule has 1 aliphatic rings. The van der Waals surface area contributed by atoms with Crippen molar-refractivity contribution < 1.29 is 14.3 Å². The zero-order chi connectivity index (χ0) is 19.0. The Morgan fingerprint density at radius 1 is 1.19 bits per heavy atom. The number of ether oxygens (including phenoxy) is 1. The van der Waals surface area contributed by atoms with Gasteiger partial charge in [-0.2, -0.15) is 0 Å². The maximum absolute atomic E-state index is 12.8. The topological polar surface area (TPSA) is 55.4 Å². The summed E-state index contributed by atoms with van der Waals surface area (Å²) in [5, 5.41) is 3.57. The number of amides is 1. The summed E-state index contributed by atoms with van der Waals surface area (Å²) in [5.74, 6) is 0.0692. The molecule has 1 aromatic heterocycles. The van der Waals surface area contributed by atoms with E-state index in [1.165, 1.54) is 11.3 Å². The zero-order valence-corrected chi connectivity index (χ0v) is 16.7. The van der Waals surface area contributed by atoms with Gasteiger partial charge < -0.3 is 10.1 Å². The summed E-state index contributed by atoms with van der Waals surface area (Å²) in [5.41, 5.74) is 3.43. The minimum atomic E-state index is -0.390. The van der Waals surface area contributed by atoms with Crippen LogP contribution in [-0.4, -0.2) is 18.0 Å². The van der Waals surface area contributed by atoms with Crippen LogP contribution in [0.25, 0.3) is 11.1 Å². The fourth-order valence-corrected chi connectivity index (χ4v) is 4.13. The van der Waals surface area contributed by atoms with E-state index in [2.05, 4.69) is 12.2 Å². The fraction of sp³-hybridized carbons (Fsp3) is 0.429. The Morgan fingerprint density at radius 3 is 2.35 bits per heavy atom. The van der Waals surface area contributed by atoms with Crippen LogP contribution < -0.4 is 5.32 Å². The van der Waals surface area contributed by atoms with Crippen LogP contribution in [0.2, 0.25) is 0 Å². The molecule has 26 heavy (non-hydrogen) atoms. The molecule has 1 heterocycles. The number of carbonyl (C=O) groups excluding carboxylic acids is 2. The predicted octanol–water partition coefficient (Wildman–Crippen LogP) is 5.19. The lowest BCUT2D eigenvalue weighted by Gasteiger charge is -2.12. The lowest BCUT2D eigenvalue weighted by molar-refractivity contribution is -0.117. The van der Waals surface area contributed by atoms with E-state index in [9.17, 15) is 9.59 Å². The molecule has 1 fully saturated rings. The molecule has 3 rings (SSSR count). The monoisotopic (exact) mass is 371 g/mol. The number of carbonyl (C=O) groups is 2. The van der Waals surface area contributed by atoms with Gasteiger partial charge in [0, 0.05) is 16.4 Å². The summed E-state index contributed by atoms with van der Waals surface area (Å²) in [6.07, 6.45) is 0.688. The highest BCUT2D eigenvalue weighted by atomic mass is 32.1. The third-order valence-corrected chi connectivity index (χ3v) is 5.67. The van der Waals surface area contributed by atoms with Gasteiger partial charge in [0.25, 0.3) is 0 Å². The van der Waals surface area contributed by atoms with Crippen molar-refractivity contribution in [3.63, 3.8) is 0 Å². The molecule has 1 N–H and O–H groups in total. The number of hydrogen-bond acceptors (Lipinski definition) is 4. The largest absolute Gasteiger partial charge is 0.459 e. The Balaban J connectivity index is 2.03. The molecule has 0 radical (unpaired) electrons. The van der Waals surface area contributed by atoms with Gasteiger partial charge in [0.15, 0.2) is 0 Å². The number of esters is 1. The lowest BCUT2D eigenvalue weighted by atomic mass is 10.0. The molecule has 0 aliphatic heterocycles. The fourth-order valence-electron chi connectivity index (χ4n) is 3.06. The van der Waals surface area contributed by atoms with Gasteiger partial charge in [0.2, 0.25) is 5.91 Å². The molecule has 1 aromatic carbocycles. The second-order valence-electron chi connectivity index (χ2n) is 7.37. The number of nitrogens with one attached hydrogen (secondary N) is 1. The maximum atomic E-state index is 12.8. The summed E-state index contributed by atoms with van der Waals surface area (Å²) in [4.78, 5) is 26.2. The molecule has 4 nitrogen and oxygen atoms in total. The molecule has 138 valence electrons. The van der Waals surface area contributed by atoms with E-state index in [1.807, 2.05) is 52.0 Å². The van der Waals surface area contributed by atoms with E-state index in [4.69, 9.17) is 4.74 Å². The Hall–Kier alpha value is -2.14. The van der Waals surface area contributed by atoms with Crippen LogP contribution in [0.5, 0.6) is 0 Å². The normalized spacial score (nSPS) is 18.7. The van der Waals surface area contributed by atoms with Gasteiger partial charge >= 0.3 is 5.97 Å². The van der Waals surface area contributed by atoms with Crippen molar-refractivity contribution in [2.24, 2.45) is 11.8 Å². The first-order chi connectivity index (χ1) is 12.3.